The van der Waals surface area contributed by atoms with Crippen molar-refractivity contribution in [2.75, 3.05) is 31.3 Å². The number of nitrogens with one attached hydrogen (secondary N) is 1. The second-order valence-electron chi connectivity index (χ2n) is 6.87. The van der Waals surface area contributed by atoms with Crippen molar-refractivity contribution in [2.24, 2.45) is 0 Å². The number of hydrogen-bond acceptors (Lipinski definition) is 8. The molecule has 1 saturated heterocycles. The Morgan fingerprint density at radius 3 is 2.71 bits per heavy atom. The van der Waals surface area contributed by atoms with Crippen LogP contribution in [0.4, 0.5) is 5.69 Å². The highest BCUT2D eigenvalue weighted by molar-refractivity contribution is 8.26. The number of thiocarbonyl (C=S) groups is 1. The van der Waals surface area contributed by atoms with E-state index in [4.69, 9.17) is 26.8 Å². The number of carbonyl (C=O) groups is 3. The molecule has 1 fully saturated rings. The number of anilines is 1. The van der Waals surface area contributed by atoms with Gasteiger partial charge in [-0.1, -0.05) is 36.1 Å². The van der Waals surface area contributed by atoms with Gasteiger partial charge in [-0.25, -0.2) is 0 Å². The van der Waals surface area contributed by atoms with E-state index in [1.165, 1.54) is 0 Å². The first-order valence-corrected chi connectivity index (χ1v) is 12.6. The molecule has 2 aromatic rings. The van der Waals surface area contributed by atoms with Gasteiger partial charge in [0.25, 0.3) is 11.8 Å². The fourth-order valence-electron chi connectivity index (χ4n) is 2.97. The van der Waals surface area contributed by atoms with Gasteiger partial charge in [0.2, 0.25) is 0 Å². The Hall–Kier alpha value is -3.02. The van der Waals surface area contributed by atoms with Crippen LogP contribution in [0, 0.1) is 0 Å². The highest BCUT2D eigenvalue weighted by Gasteiger charge is 2.33. The Morgan fingerprint density at radius 1 is 1.21 bits per heavy atom. The summed E-state index contributed by atoms with van der Waals surface area (Å²) in [5.41, 5.74) is 1.32. The van der Waals surface area contributed by atoms with Crippen molar-refractivity contribution in [1.82, 2.24) is 4.90 Å². The van der Waals surface area contributed by atoms with Gasteiger partial charge in [-0.15, -0.1) is 11.8 Å². The van der Waals surface area contributed by atoms with Crippen LogP contribution in [-0.2, 0) is 14.4 Å². The van der Waals surface area contributed by atoms with Crippen molar-refractivity contribution in [2.45, 2.75) is 11.8 Å². The number of benzene rings is 2. The molecule has 0 spiro atoms. The second-order valence-corrected chi connectivity index (χ2v) is 9.43. The first-order chi connectivity index (χ1) is 16.3. The van der Waals surface area contributed by atoms with Crippen LogP contribution in [0.25, 0.3) is 6.08 Å². The number of amides is 2. The summed E-state index contributed by atoms with van der Waals surface area (Å²) in [6, 6.07) is 12.5. The van der Waals surface area contributed by atoms with Crippen LogP contribution in [0.2, 0.25) is 0 Å². The van der Waals surface area contributed by atoms with Gasteiger partial charge in [0.1, 0.15) is 10.9 Å². The maximum absolute atomic E-state index is 12.5. The molecule has 1 aliphatic rings. The van der Waals surface area contributed by atoms with Crippen molar-refractivity contribution >= 4 is 69.6 Å². The average Bonchev–Trinajstić information content (AvgIpc) is 3.05. The summed E-state index contributed by atoms with van der Waals surface area (Å²) in [4.78, 5) is 38.2. The lowest BCUT2D eigenvalue weighted by Gasteiger charge is -2.13. The van der Waals surface area contributed by atoms with Crippen molar-refractivity contribution in [3.63, 3.8) is 0 Å². The maximum Gasteiger partial charge on any atom is 0.323 e. The zero-order chi connectivity index (χ0) is 24.7. The average molecular weight is 519 g/mol. The van der Waals surface area contributed by atoms with Crippen molar-refractivity contribution in [1.29, 1.82) is 0 Å². The summed E-state index contributed by atoms with van der Waals surface area (Å²) in [6.45, 7) is 1.49. The summed E-state index contributed by atoms with van der Waals surface area (Å²) in [5.74, 6) is -1.12. The van der Waals surface area contributed by atoms with Crippen molar-refractivity contribution < 1.29 is 29.0 Å². The van der Waals surface area contributed by atoms with E-state index < -0.39 is 18.4 Å². The normalized spacial score (nSPS) is 14.4. The first kappa shape index (κ1) is 25.6. The third-order valence-electron chi connectivity index (χ3n) is 4.44. The van der Waals surface area contributed by atoms with Gasteiger partial charge in [0.15, 0.2) is 18.1 Å². The van der Waals surface area contributed by atoms with Gasteiger partial charge >= 0.3 is 5.97 Å². The van der Waals surface area contributed by atoms with E-state index in [-0.39, 0.29) is 16.8 Å². The van der Waals surface area contributed by atoms with Gasteiger partial charge in [-0.05, 0) is 55.2 Å². The van der Waals surface area contributed by atoms with Crippen LogP contribution in [-0.4, -0.2) is 58.1 Å². The van der Waals surface area contributed by atoms with E-state index in [0.717, 1.165) is 21.6 Å². The van der Waals surface area contributed by atoms with E-state index in [2.05, 4.69) is 5.32 Å². The third-order valence-corrected chi connectivity index (χ3v) is 6.55. The van der Waals surface area contributed by atoms with Gasteiger partial charge in [-0.2, -0.15) is 0 Å². The molecule has 8 nitrogen and oxygen atoms in total. The Kier molecular flexibility index (Phi) is 8.97. The number of nitrogens with zero attached hydrogens (tertiary/aromatic N) is 1. The molecule has 11 heteroatoms. The highest BCUT2D eigenvalue weighted by Crippen LogP contribution is 2.34. The number of carbonyl (C=O) groups excluding carboxylic acids is 2. The third kappa shape index (κ3) is 6.75. The van der Waals surface area contributed by atoms with Gasteiger partial charge < -0.3 is 19.9 Å². The molecule has 2 N–H and O–H groups in total. The largest absolute Gasteiger partial charge is 0.490 e. The Bertz CT molecular complexity index is 1150. The van der Waals surface area contributed by atoms with E-state index >= 15 is 0 Å². The SMILES string of the molecule is CCOc1cc(C=C2SC(=S)N(CC(=O)O)C2=O)ccc1OCC(=O)Nc1cccc(SC)c1. The Labute approximate surface area is 210 Å². The maximum atomic E-state index is 12.5. The lowest BCUT2D eigenvalue weighted by molar-refractivity contribution is -0.140. The molecule has 0 radical (unpaired) electrons. The zero-order valence-corrected chi connectivity index (χ0v) is 20.9. The highest BCUT2D eigenvalue weighted by atomic mass is 32.2. The molecule has 3 rings (SSSR count). The summed E-state index contributed by atoms with van der Waals surface area (Å²) in [7, 11) is 0. The van der Waals surface area contributed by atoms with E-state index in [0.29, 0.717) is 34.3 Å². The molecule has 0 saturated carbocycles. The molecule has 178 valence electrons. The summed E-state index contributed by atoms with van der Waals surface area (Å²) in [6.07, 6.45) is 3.57. The van der Waals surface area contributed by atoms with E-state index in [9.17, 15) is 14.4 Å². The van der Waals surface area contributed by atoms with Crippen LogP contribution in [0.3, 0.4) is 0 Å². The molecule has 0 unspecified atom stereocenters. The number of rotatable bonds is 10. The topological polar surface area (TPSA) is 105 Å². The zero-order valence-electron chi connectivity index (χ0n) is 18.4. The number of carboxylic acid groups (broad SMARTS) is 1. The quantitative estimate of drug-likeness (QED) is 0.273. The summed E-state index contributed by atoms with van der Waals surface area (Å²) < 4.78 is 11.5. The molecule has 0 aromatic heterocycles. The standard InChI is InChI=1S/C23H22N2O6S3/c1-3-30-18-9-14(10-19-22(29)25(12-21(27)28)23(32)34-19)7-8-17(18)31-13-20(26)24-15-5-4-6-16(11-15)33-2/h4-11H,3,12-13H2,1-2H3,(H,24,26)(H,27,28). The number of thioether (sulfide) groups is 2. The monoisotopic (exact) mass is 518 g/mol. The molecule has 0 bridgehead atoms. The molecule has 34 heavy (non-hydrogen) atoms. The predicted octanol–water partition coefficient (Wildman–Crippen LogP) is 4.11. The van der Waals surface area contributed by atoms with Crippen molar-refractivity contribution in [3.8, 4) is 11.5 Å². The van der Waals surface area contributed by atoms with E-state index in [1.54, 1.807) is 42.1 Å². The summed E-state index contributed by atoms with van der Waals surface area (Å²) in [5, 5.41) is 11.8. The molecule has 2 aromatic carbocycles. The van der Waals surface area contributed by atoms with Crippen LogP contribution >= 0.6 is 35.7 Å². The van der Waals surface area contributed by atoms with Crippen LogP contribution in [0.15, 0.2) is 52.3 Å². The van der Waals surface area contributed by atoms with Crippen LogP contribution in [0.5, 0.6) is 11.5 Å². The lowest BCUT2D eigenvalue weighted by Crippen LogP contribution is -2.33. The summed E-state index contributed by atoms with van der Waals surface area (Å²) >= 11 is 7.74. The number of carboxylic acids is 1. The predicted molar refractivity (Wildman–Crippen MR) is 137 cm³/mol. The molecule has 0 aliphatic carbocycles. The minimum Gasteiger partial charge on any atom is -0.490 e. The molecular formula is C23H22N2O6S3. The fourth-order valence-corrected chi connectivity index (χ4v) is 4.68. The number of aliphatic carboxylic acids is 1. The van der Waals surface area contributed by atoms with E-state index in [1.807, 2.05) is 31.4 Å². The fraction of sp³-hybridized carbons (Fsp3) is 0.217. The Morgan fingerprint density at radius 2 is 2.00 bits per heavy atom. The minimum absolute atomic E-state index is 0.192. The molecule has 0 atom stereocenters. The number of hydrogen-bond donors (Lipinski definition) is 2. The minimum atomic E-state index is -1.14. The van der Waals surface area contributed by atoms with Gasteiger partial charge in [-0.3, -0.25) is 19.3 Å². The molecular weight excluding hydrogens is 496 g/mol. The Balaban J connectivity index is 1.70. The second kappa shape index (κ2) is 11.9. The molecule has 1 heterocycles. The first-order valence-electron chi connectivity index (χ1n) is 10.1. The van der Waals surface area contributed by atoms with Crippen molar-refractivity contribution in [3.05, 3.63) is 52.9 Å². The van der Waals surface area contributed by atoms with Crippen LogP contribution in [0.1, 0.15) is 12.5 Å². The lowest BCUT2D eigenvalue weighted by atomic mass is 10.2. The number of ether oxygens (including phenoxy) is 2. The van der Waals surface area contributed by atoms with Crippen LogP contribution < -0.4 is 14.8 Å². The molecule has 2 amide bonds. The molecule has 1 aliphatic heterocycles. The van der Waals surface area contributed by atoms with Gasteiger partial charge in [0.05, 0.1) is 11.5 Å². The van der Waals surface area contributed by atoms with Gasteiger partial charge in [0, 0.05) is 10.6 Å². The smallest absolute Gasteiger partial charge is 0.323 e.